The number of fused-ring (bicyclic) bond motifs is 1. The van der Waals surface area contributed by atoms with Crippen molar-refractivity contribution in [2.45, 2.75) is 6.92 Å². The van der Waals surface area contributed by atoms with Gasteiger partial charge in [0.25, 0.3) is 5.91 Å². The highest BCUT2D eigenvalue weighted by atomic mass is 32.1. The summed E-state index contributed by atoms with van der Waals surface area (Å²) in [6.45, 7) is 1.64. The number of aldehydes is 1. The van der Waals surface area contributed by atoms with Gasteiger partial charge in [-0.2, -0.15) is 0 Å². The fourth-order valence-electron chi connectivity index (χ4n) is 2.96. The lowest BCUT2D eigenvalue weighted by molar-refractivity contribution is -0.119. The zero-order valence-electron chi connectivity index (χ0n) is 16.6. The molecule has 0 aliphatic rings. The summed E-state index contributed by atoms with van der Waals surface area (Å²) in [5, 5.41) is 3.61. The topological polar surface area (TPSA) is 85.4 Å². The molecule has 31 heavy (non-hydrogen) atoms. The number of nitrogens with one attached hydrogen (secondary N) is 1. The highest BCUT2D eigenvalue weighted by Gasteiger charge is 2.11. The predicted molar refractivity (Wildman–Crippen MR) is 121 cm³/mol. The number of carbonyl (C=O) groups excluding carboxylic acids is 3. The van der Waals surface area contributed by atoms with E-state index in [2.05, 4.69) is 23.3 Å². The molecule has 3 aromatic carbocycles. The van der Waals surface area contributed by atoms with Crippen LogP contribution in [0, 0.1) is 6.92 Å². The van der Waals surface area contributed by atoms with Crippen molar-refractivity contribution in [3.05, 3.63) is 83.4 Å². The zero-order valence-corrected chi connectivity index (χ0v) is 17.4. The molecule has 0 spiro atoms. The Balaban J connectivity index is 1.35. The summed E-state index contributed by atoms with van der Waals surface area (Å²) in [5.41, 5.74) is 4.44. The van der Waals surface area contributed by atoms with Crippen LogP contribution in [-0.4, -0.2) is 29.8 Å². The molecule has 0 atom stereocenters. The number of benzene rings is 3. The molecule has 0 saturated carbocycles. The number of aromatic nitrogens is 1. The number of aryl methyl sites for hydroxylation is 1. The maximum absolute atomic E-state index is 12.1. The monoisotopic (exact) mass is 430 g/mol. The molecule has 1 N–H and O–H groups in total. The molecular formula is C24H18N2O4S. The summed E-state index contributed by atoms with van der Waals surface area (Å²) in [7, 11) is 0. The fraction of sp³-hybridized carbons (Fsp3) is 0.0833. The molecule has 0 unspecified atom stereocenters. The SMILES string of the molecule is Cc1ccc2nc(-c3ccc(NC(=O)COC(=O)c4ccc(C=O)cc4)cc3)sc2c1. The molecule has 0 aliphatic heterocycles. The summed E-state index contributed by atoms with van der Waals surface area (Å²) >= 11 is 1.62. The maximum Gasteiger partial charge on any atom is 0.338 e. The minimum atomic E-state index is -0.631. The van der Waals surface area contributed by atoms with Gasteiger partial charge in [0, 0.05) is 16.8 Å². The van der Waals surface area contributed by atoms with E-state index in [0.29, 0.717) is 17.5 Å². The Morgan fingerprint density at radius 1 is 1.03 bits per heavy atom. The van der Waals surface area contributed by atoms with Crippen molar-refractivity contribution in [3.8, 4) is 10.6 Å². The van der Waals surface area contributed by atoms with E-state index in [1.54, 1.807) is 23.5 Å². The molecule has 1 aromatic heterocycles. The number of anilines is 1. The first-order valence-corrected chi connectivity index (χ1v) is 10.3. The Morgan fingerprint density at radius 3 is 2.48 bits per heavy atom. The van der Waals surface area contributed by atoms with Crippen LogP contribution < -0.4 is 5.32 Å². The Hall–Kier alpha value is -3.84. The fourth-order valence-corrected chi connectivity index (χ4v) is 4.03. The third-order valence-electron chi connectivity index (χ3n) is 4.58. The summed E-state index contributed by atoms with van der Waals surface area (Å²) in [4.78, 5) is 39.4. The van der Waals surface area contributed by atoms with Crippen LogP contribution in [0.2, 0.25) is 0 Å². The van der Waals surface area contributed by atoms with E-state index in [4.69, 9.17) is 4.74 Å². The first kappa shape index (κ1) is 20.4. The quantitative estimate of drug-likeness (QED) is 0.348. The van der Waals surface area contributed by atoms with Gasteiger partial charge < -0.3 is 10.1 Å². The van der Waals surface area contributed by atoms with Crippen LogP contribution in [0.4, 0.5) is 5.69 Å². The Morgan fingerprint density at radius 2 is 1.77 bits per heavy atom. The summed E-state index contributed by atoms with van der Waals surface area (Å²) < 4.78 is 6.16. The van der Waals surface area contributed by atoms with Crippen molar-refractivity contribution >= 4 is 45.4 Å². The van der Waals surface area contributed by atoms with Crippen molar-refractivity contribution < 1.29 is 19.1 Å². The summed E-state index contributed by atoms with van der Waals surface area (Å²) in [6.07, 6.45) is 0.686. The highest BCUT2D eigenvalue weighted by Crippen LogP contribution is 2.31. The minimum absolute atomic E-state index is 0.272. The second kappa shape index (κ2) is 8.89. The normalized spacial score (nSPS) is 10.6. The van der Waals surface area contributed by atoms with Gasteiger partial charge in [0.05, 0.1) is 15.8 Å². The number of carbonyl (C=O) groups is 3. The van der Waals surface area contributed by atoms with Crippen LogP contribution in [0.1, 0.15) is 26.3 Å². The molecular weight excluding hydrogens is 412 g/mol. The van der Waals surface area contributed by atoms with Crippen LogP contribution >= 0.6 is 11.3 Å². The molecule has 0 fully saturated rings. The third-order valence-corrected chi connectivity index (χ3v) is 5.64. The number of esters is 1. The molecule has 0 saturated heterocycles. The number of amides is 1. The second-order valence-corrected chi connectivity index (χ2v) is 7.96. The summed E-state index contributed by atoms with van der Waals surface area (Å²) in [5.74, 6) is -1.07. The van der Waals surface area contributed by atoms with Gasteiger partial charge in [-0.25, -0.2) is 9.78 Å². The number of rotatable bonds is 6. The zero-order chi connectivity index (χ0) is 21.8. The van der Waals surface area contributed by atoms with Gasteiger partial charge in [-0.05, 0) is 61.0 Å². The van der Waals surface area contributed by atoms with E-state index in [1.807, 2.05) is 24.3 Å². The van der Waals surface area contributed by atoms with E-state index in [1.165, 1.54) is 29.8 Å². The maximum atomic E-state index is 12.1. The van der Waals surface area contributed by atoms with Crippen molar-refractivity contribution in [3.63, 3.8) is 0 Å². The lowest BCUT2D eigenvalue weighted by Gasteiger charge is -2.07. The predicted octanol–water partition coefficient (Wildman–Crippen LogP) is 4.88. The molecule has 0 radical (unpaired) electrons. The molecule has 6 nitrogen and oxygen atoms in total. The smallest absolute Gasteiger partial charge is 0.338 e. The molecule has 0 bridgehead atoms. The van der Waals surface area contributed by atoms with Crippen LogP contribution in [0.25, 0.3) is 20.8 Å². The average Bonchev–Trinajstić information content (AvgIpc) is 3.21. The van der Waals surface area contributed by atoms with E-state index in [0.717, 1.165) is 20.8 Å². The van der Waals surface area contributed by atoms with Crippen LogP contribution in [0.5, 0.6) is 0 Å². The summed E-state index contributed by atoms with van der Waals surface area (Å²) in [6, 6.07) is 19.5. The number of thiazole rings is 1. The van der Waals surface area contributed by atoms with Gasteiger partial charge in [-0.1, -0.05) is 18.2 Å². The van der Waals surface area contributed by atoms with Gasteiger partial charge in [0.15, 0.2) is 6.61 Å². The van der Waals surface area contributed by atoms with Gasteiger partial charge in [-0.3, -0.25) is 9.59 Å². The van der Waals surface area contributed by atoms with Crippen molar-refractivity contribution in [1.82, 2.24) is 4.98 Å². The first-order valence-electron chi connectivity index (χ1n) is 9.52. The molecule has 1 heterocycles. The number of nitrogens with zero attached hydrogens (tertiary/aromatic N) is 1. The second-order valence-electron chi connectivity index (χ2n) is 6.93. The Kier molecular flexibility index (Phi) is 5.86. The first-order chi connectivity index (χ1) is 15.0. The van der Waals surface area contributed by atoms with Crippen molar-refractivity contribution in [2.24, 2.45) is 0 Å². The van der Waals surface area contributed by atoms with Crippen molar-refractivity contribution in [2.75, 3.05) is 11.9 Å². The lowest BCUT2D eigenvalue weighted by atomic mass is 10.1. The molecule has 0 aliphatic carbocycles. The average molecular weight is 430 g/mol. The third kappa shape index (κ3) is 4.84. The van der Waals surface area contributed by atoms with Crippen LogP contribution in [0.15, 0.2) is 66.7 Å². The Labute approximate surface area is 182 Å². The molecule has 4 rings (SSSR count). The van der Waals surface area contributed by atoms with E-state index in [-0.39, 0.29) is 5.56 Å². The molecule has 1 amide bonds. The standard InChI is InChI=1S/C24H18N2O4S/c1-15-2-11-20-21(12-15)31-23(26-20)17-7-9-19(10-8-17)25-22(28)14-30-24(29)18-5-3-16(13-27)4-6-18/h2-13H,14H2,1H3,(H,25,28). The minimum Gasteiger partial charge on any atom is -0.452 e. The van der Waals surface area contributed by atoms with Gasteiger partial charge in [-0.15, -0.1) is 11.3 Å². The molecule has 4 aromatic rings. The highest BCUT2D eigenvalue weighted by molar-refractivity contribution is 7.21. The molecule has 7 heteroatoms. The van der Waals surface area contributed by atoms with Gasteiger partial charge >= 0.3 is 5.97 Å². The van der Waals surface area contributed by atoms with Gasteiger partial charge in [0.1, 0.15) is 11.3 Å². The lowest BCUT2D eigenvalue weighted by Crippen LogP contribution is -2.20. The van der Waals surface area contributed by atoms with Crippen molar-refractivity contribution in [1.29, 1.82) is 0 Å². The van der Waals surface area contributed by atoms with E-state index < -0.39 is 18.5 Å². The largest absolute Gasteiger partial charge is 0.452 e. The van der Waals surface area contributed by atoms with E-state index in [9.17, 15) is 14.4 Å². The van der Waals surface area contributed by atoms with E-state index >= 15 is 0 Å². The van der Waals surface area contributed by atoms with Gasteiger partial charge in [0.2, 0.25) is 0 Å². The number of ether oxygens (including phenoxy) is 1. The number of hydrogen-bond donors (Lipinski definition) is 1. The van der Waals surface area contributed by atoms with Crippen LogP contribution in [-0.2, 0) is 9.53 Å². The molecule has 154 valence electrons. The number of hydrogen-bond acceptors (Lipinski definition) is 6. The van der Waals surface area contributed by atoms with Crippen LogP contribution in [0.3, 0.4) is 0 Å². The Bertz CT molecular complexity index is 1260.